The van der Waals surface area contributed by atoms with Gasteiger partial charge in [0.25, 0.3) is 0 Å². The minimum Gasteiger partial charge on any atom is -0.468 e. The van der Waals surface area contributed by atoms with Crippen molar-refractivity contribution in [2.24, 2.45) is 5.84 Å². The van der Waals surface area contributed by atoms with Gasteiger partial charge in [0.2, 0.25) is 0 Å². The van der Waals surface area contributed by atoms with Crippen molar-refractivity contribution in [2.75, 3.05) is 13.2 Å². The van der Waals surface area contributed by atoms with Gasteiger partial charge in [0, 0.05) is 6.61 Å². The molecular formula is C8H14N2O2. The first kappa shape index (κ1) is 9.25. The zero-order valence-electron chi connectivity index (χ0n) is 7.12. The number of furan rings is 1. The summed E-state index contributed by atoms with van der Waals surface area (Å²) in [5.41, 5.74) is 2.62. The molecule has 0 radical (unpaired) electrons. The van der Waals surface area contributed by atoms with Crippen molar-refractivity contribution in [3.8, 4) is 0 Å². The minimum atomic E-state index is -0.0556. The lowest BCUT2D eigenvalue weighted by Gasteiger charge is -2.12. The Kier molecular flexibility index (Phi) is 3.79. The highest BCUT2D eigenvalue weighted by Crippen LogP contribution is 2.12. The summed E-state index contributed by atoms with van der Waals surface area (Å²) < 4.78 is 10.4. The Labute approximate surface area is 71.7 Å². The highest BCUT2D eigenvalue weighted by Gasteiger charge is 2.11. The van der Waals surface area contributed by atoms with Gasteiger partial charge in [0.1, 0.15) is 11.8 Å². The van der Waals surface area contributed by atoms with Gasteiger partial charge in [0.05, 0.1) is 12.9 Å². The molecular weight excluding hydrogens is 156 g/mol. The second-order valence-corrected chi connectivity index (χ2v) is 2.39. The molecule has 0 aliphatic rings. The molecule has 1 unspecified atom stereocenters. The van der Waals surface area contributed by atoms with Crippen LogP contribution in [-0.4, -0.2) is 13.2 Å². The lowest BCUT2D eigenvalue weighted by molar-refractivity contribution is 0.116. The van der Waals surface area contributed by atoms with E-state index in [1.54, 1.807) is 6.26 Å². The predicted octanol–water partition coefficient (Wildman–Crippen LogP) is 0.821. The van der Waals surface area contributed by atoms with Crippen LogP contribution in [0.5, 0.6) is 0 Å². The van der Waals surface area contributed by atoms with Crippen LogP contribution in [0.2, 0.25) is 0 Å². The van der Waals surface area contributed by atoms with Crippen LogP contribution in [0.3, 0.4) is 0 Å². The van der Waals surface area contributed by atoms with Crippen LogP contribution in [0, 0.1) is 0 Å². The van der Waals surface area contributed by atoms with Gasteiger partial charge >= 0.3 is 0 Å². The fourth-order valence-electron chi connectivity index (χ4n) is 0.938. The molecule has 1 atom stereocenters. The highest BCUT2D eigenvalue weighted by molar-refractivity contribution is 5.03. The van der Waals surface area contributed by atoms with Gasteiger partial charge in [-0.25, -0.2) is 5.43 Å². The lowest BCUT2D eigenvalue weighted by atomic mass is 10.2. The normalized spacial score (nSPS) is 13.2. The molecule has 0 amide bonds. The molecule has 0 bridgehead atoms. The lowest BCUT2D eigenvalue weighted by Crippen LogP contribution is -2.31. The number of nitrogens with one attached hydrogen (secondary N) is 1. The van der Waals surface area contributed by atoms with E-state index in [1.165, 1.54) is 0 Å². The standard InChI is InChI=1S/C8H14N2O2/c1-2-11-6-7(10-9)8-4-3-5-12-8/h3-5,7,10H,2,6,9H2,1H3. The van der Waals surface area contributed by atoms with Crippen molar-refractivity contribution < 1.29 is 9.15 Å². The van der Waals surface area contributed by atoms with E-state index in [1.807, 2.05) is 19.1 Å². The maximum absolute atomic E-state index is 5.31. The topological polar surface area (TPSA) is 60.4 Å². The van der Waals surface area contributed by atoms with Crippen LogP contribution in [0.1, 0.15) is 18.7 Å². The van der Waals surface area contributed by atoms with E-state index in [9.17, 15) is 0 Å². The fourth-order valence-corrected chi connectivity index (χ4v) is 0.938. The number of hydrogen-bond donors (Lipinski definition) is 2. The summed E-state index contributed by atoms with van der Waals surface area (Å²) in [4.78, 5) is 0. The zero-order valence-corrected chi connectivity index (χ0v) is 7.12. The Morgan fingerprint density at radius 2 is 2.58 bits per heavy atom. The van der Waals surface area contributed by atoms with Crippen molar-refractivity contribution in [1.82, 2.24) is 5.43 Å². The van der Waals surface area contributed by atoms with Crippen molar-refractivity contribution in [3.63, 3.8) is 0 Å². The smallest absolute Gasteiger partial charge is 0.124 e. The van der Waals surface area contributed by atoms with Crippen molar-refractivity contribution in [1.29, 1.82) is 0 Å². The summed E-state index contributed by atoms with van der Waals surface area (Å²) >= 11 is 0. The van der Waals surface area contributed by atoms with Gasteiger partial charge in [-0.15, -0.1) is 0 Å². The maximum atomic E-state index is 5.31. The van der Waals surface area contributed by atoms with Crippen molar-refractivity contribution in [3.05, 3.63) is 24.2 Å². The SMILES string of the molecule is CCOCC(NN)c1ccco1. The first-order chi connectivity index (χ1) is 5.88. The maximum Gasteiger partial charge on any atom is 0.124 e. The molecule has 1 heterocycles. The first-order valence-electron chi connectivity index (χ1n) is 3.95. The quantitative estimate of drug-likeness (QED) is 0.507. The Balaban J connectivity index is 2.45. The largest absolute Gasteiger partial charge is 0.468 e. The first-order valence-corrected chi connectivity index (χ1v) is 3.95. The summed E-state index contributed by atoms with van der Waals surface area (Å²) in [5, 5.41) is 0. The molecule has 0 spiro atoms. The van der Waals surface area contributed by atoms with E-state index in [2.05, 4.69) is 5.43 Å². The second kappa shape index (κ2) is 4.92. The number of nitrogens with two attached hydrogens (primary N) is 1. The van der Waals surface area contributed by atoms with Gasteiger partial charge in [-0.05, 0) is 19.1 Å². The molecule has 0 aliphatic heterocycles. The molecule has 0 saturated heterocycles. The Hall–Kier alpha value is -0.840. The number of rotatable bonds is 5. The second-order valence-electron chi connectivity index (χ2n) is 2.39. The number of hydrogen-bond acceptors (Lipinski definition) is 4. The molecule has 0 fully saturated rings. The van der Waals surface area contributed by atoms with E-state index < -0.39 is 0 Å². The molecule has 3 N–H and O–H groups in total. The van der Waals surface area contributed by atoms with Gasteiger partial charge in [-0.2, -0.15) is 0 Å². The fraction of sp³-hybridized carbons (Fsp3) is 0.500. The van der Waals surface area contributed by atoms with E-state index in [0.29, 0.717) is 13.2 Å². The van der Waals surface area contributed by atoms with Gasteiger partial charge in [-0.3, -0.25) is 5.84 Å². The van der Waals surface area contributed by atoms with Gasteiger partial charge in [-0.1, -0.05) is 0 Å². The summed E-state index contributed by atoms with van der Waals surface area (Å²) in [6.45, 7) is 3.15. The summed E-state index contributed by atoms with van der Waals surface area (Å²) in [6, 6.07) is 3.63. The molecule has 1 rings (SSSR count). The van der Waals surface area contributed by atoms with Crippen LogP contribution in [0.4, 0.5) is 0 Å². The molecule has 0 aliphatic carbocycles. The summed E-state index contributed by atoms with van der Waals surface area (Å²) in [5.74, 6) is 6.11. The van der Waals surface area contributed by atoms with E-state index in [4.69, 9.17) is 15.0 Å². The zero-order chi connectivity index (χ0) is 8.81. The van der Waals surface area contributed by atoms with Crippen molar-refractivity contribution >= 4 is 0 Å². The Morgan fingerprint density at radius 3 is 3.08 bits per heavy atom. The predicted molar refractivity (Wildman–Crippen MR) is 45.3 cm³/mol. The molecule has 12 heavy (non-hydrogen) atoms. The third-order valence-electron chi connectivity index (χ3n) is 1.58. The minimum absolute atomic E-state index is 0.0556. The third-order valence-corrected chi connectivity index (χ3v) is 1.58. The Morgan fingerprint density at radius 1 is 1.75 bits per heavy atom. The molecule has 0 saturated carbocycles. The Bertz CT molecular complexity index is 199. The van der Waals surface area contributed by atoms with Crippen LogP contribution < -0.4 is 11.3 Å². The van der Waals surface area contributed by atoms with Crippen molar-refractivity contribution in [2.45, 2.75) is 13.0 Å². The van der Waals surface area contributed by atoms with Crippen LogP contribution in [0.15, 0.2) is 22.8 Å². The third kappa shape index (κ3) is 2.34. The molecule has 4 nitrogen and oxygen atoms in total. The number of hydrazine groups is 1. The van der Waals surface area contributed by atoms with Gasteiger partial charge in [0.15, 0.2) is 0 Å². The number of ether oxygens (including phenoxy) is 1. The average molecular weight is 170 g/mol. The van der Waals surface area contributed by atoms with E-state index in [-0.39, 0.29) is 6.04 Å². The van der Waals surface area contributed by atoms with E-state index in [0.717, 1.165) is 5.76 Å². The molecule has 0 aromatic carbocycles. The monoisotopic (exact) mass is 170 g/mol. The molecule has 1 aromatic heterocycles. The highest BCUT2D eigenvalue weighted by atomic mass is 16.5. The average Bonchev–Trinajstić information content (AvgIpc) is 2.59. The van der Waals surface area contributed by atoms with Crippen LogP contribution in [0.25, 0.3) is 0 Å². The summed E-state index contributed by atoms with van der Waals surface area (Å²) in [7, 11) is 0. The van der Waals surface area contributed by atoms with E-state index >= 15 is 0 Å². The van der Waals surface area contributed by atoms with Crippen LogP contribution in [-0.2, 0) is 4.74 Å². The molecule has 68 valence electrons. The molecule has 1 aromatic rings. The van der Waals surface area contributed by atoms with Gasteiger partial charge < -0.3 is 9.15 Å². The summed E-state index contributed by atoms with van der Waals surface area (Å²) in [6.07, 6.45) is 1.62. The molecule has 4 heteroatoms. The van der Waals surface area contributed by atoms with Crippen LogP contribution >= 0.6 is 0 Å².